The molecular weight excluding hydrogens is 200 g/mol. The van der Waals surface area contributed by atoms with Crippen molar-refractivity contribution < 1.29 is 9.47 Å². The van der Waals surface area contributed by atoms with E-state index in [-0.39, 0.29) is 6.29 Å². The summed E-state index contributed by atoms with van der Waals surface area (Å²) in [6.45, 7) is 4.98. The first kappa shape index (κ1) is 14.0. The van der Waals surface area contributed by atoms with Crippen molar-refractivity contribution in [2.75, 3.05) is 6.61 Å². The average molecular weight is 228 g/mol. The monoisotopic (exact) mass is 228 g/mol. The lowest BCUT2D eigenvalue weighted by atomic mass is 10.1. The highest BCUT2D eigenvalue weighted by molar-refractivity contribution is 4.62. The minimum Gasteiger partial charge on any atom is -0.353 e. The van der Waals surface area contributed by atoms with E-state index < -0.39 is 0 Å². The van der Waals surface area contributed by atoms with Gasteiger partial charge in [-0.1, -0.05) is 45.4 Å². The Morgan fingerprint density at radius 3 is 2.12 bits per heavy atom. The molecule has 96 valence electrons. The van der Waals surface area contributed by atoms with Crippen molar-refractivity contribution in [3.63, 3.8) is 0 Å². The van der Waals surface area contributed by atoms with Crippen LogP contribution in [0, 0.1) is 0 Å². The second kappa shape index (κ2) is 9.00. The van der Waals surface area contributed by atoms with Crippen molar-refractivity contribution in [2.24, 2.45) is 0 Å². The summed E-state index contributed by atoms with van der Waals surface area (Å²) < 4.78 is 11.5. The Balaban J connectivity index is 2.20. The van der Waals surface area contributed by atoms with Gasteiger partial charge in [0.2, 0.25) is 0 Å². The summed E-state index contributed by atoms with van der Waals surface area (Å²) >= 11 is 0. The van der Waals surface area contributed by atoms with Gasteiger partial charge in [0.05, 0.1) is 6.10 Å². The maximum atomic E-state index is 5.96. The standard InChI is InChI=1S/C14H28O2/c1-3-12-15-13(2)16-14-10-8-6-4-5-7-9-11-14/h13-14H,3-12H2,1-2H3. The molecule has 1 saturated carbocycles. The third-order valence-electron chi connectivity index (χ3n) is 3.24. The predicted octanol–water partition coefficient (Wildman–Crippen LogP) is 4.28. The molecule has 1 aliphatic carbocycles. The van der Waals surface area contributed by atoms with Crippen LogP contribution in [-0.4, -0.2) is 19.0 Å². The maximum Gasteiger partial charge on any atom is 0.155 e. The van der Waals surface area contributed by atoms with Crippen molar-refractivity contribution in [3.8, 4) is 0 Å². The molecule has 0 heterocycles. The molecule has 1 unspecified atom stereocenters. The molecule has 0 radical (unpaired) electrons. The minimum atomic E-state index is -0.0225. The highest BCUT2D eigenvalue weighted by atomic mass is 16.7. The van der Waals surface area contributed by atoms with E-state index in [0.717, 1.165) is 13.0 Å². The summed E-state index contributed by atoms with van der Waals surface area (Å²) in [5.41, 5.74) is 0. The summed E-state index contributed by atoms with van der Waals surface area (Å²) in [7, 11) is 0. The largest absolute Gasteiger partial charge is 0.353 e. The first-order chi connectivity index (χ1) is 7.83. The third-order valence-corrected chi connectivity index (χ3v) is 3.24. The van der Waals surface area contributed by atoms with E-state index in [2.05, 4.69) is 6.92 Å². The average Bonchev–Trinajstić information content (AvgIpc) is 2.40. The van der Waals surface area contributed by atoms with E-state index in [1.807, 2.05) is 6.92 Å². The smallest absolute Gasteiger partial charge is 0.155 e. The predicted molar refractivity (Wildman–Crippen MR) is 67.5 cm³/mol. The maximum absolute atomic E-state index is 5.96. The van der Waals surface area contributed by atoms with Gasteiger partial charge in [0.15, 0.2) is 6.29 Å². The van der Waals surface area contributed by atoms with Crippen LogP contribution in [0.5, 0.6) is 0 Å². The van der Waals surface area contributed by atoms with Crippen LogP contribution in [0.1, 0.15) is 71.6 Å². The van der Waals surface area contributed by atoms with Gasteiger partial charge in [-0.25, -0.2) is 0 Å². The molecule has 1 fully saturated rings. The van der Waals surface area contributed by atoms with Gasteiger partial charge >= 0.3 is 0 Å². The molecule has 2 heteroatoms. The van der Waals surface area contributed by atoms with Crippen LogP contribution in [0.3, 0.4) is 0 Å². The van der Waals surface area contributed by atoms with Crippen LogP contribution in [0.4, 0.5) is 0 Å². The van der Waals surface area contributed by atoms with Crippen LogP contribution in [0.25, 0.3) is 0 Å². The van der Waals surface area contributed by atoms with Crippen molar-refractivity contribution >= 4 is 0 Å². The second-order valence-electron chi connectivity index (χ2n) is 4.90. The van der Waals surface area contributed by atoms with Gasteiger partial charge in [0.1, 0.15) is 0 Å². The Bertz CT molecular complexity index is 149. The molecule has 1 rings (SSSR count). The molecule has 2 nitrogen and oxygen atoms in total. The van der Waals surface area contributed by atoms with E-state index in [1.165, 1.54) is 51.4 Å². The van der Waals surface area contributed by atoms with Crippen LogP contribution in [-0.2, 0) is 9.47 Å². The zero-order valence-corrected chi connectivity index (χ0v) is 11.0. The lowest BCUT2D eigenvalue weighted by Crippen LogP contribution is -2.22. The topological polar surface area (TPSA) is 18.5 Å². The minimum absolute atomic E-state index is 0.0225. The Hall–Kier alpha value is -0.0800. The molecule has 0 amide bonds. The van der Waals surface area contributed by atoms with Gasteiger partial charge in [0, 0.05) is 6.61 Å². The number of ether oxygens (including phenoxy) is 2. The summed E-state index contributed by atoms with van der Waals surface area (Å²) in [5.74, 6) is 0. The zero-order chi connectivity index (χ0) is 11.6. The van der Waals surface area contributed by atoms with Gasteiger partial charge in [-0.15, -0.1) is 0 Å². The normalized spacial score (nSPS) is 22.1. The molecule has 0 saturated heterocycles. The van der Waals surface area contributed by atoms with E-state index in [9.17, 15) is 0 Å². The molecule has 0 bridgehead atoms. The lowest BCUT2D eigenvalue weighted by Gasteiger charge is -2.22. The molecule has 1 aliphatic rings. The third kappa shape index (κ3) is 6.49. The van der Waals surface area contributed by atoms with E-state index in [1.54, 1.807) is 0 Å². The van der Waals surface area contributed by atoms with E-state index in [4.69, 9.17) is 9.47 Å². The number of hydrogen-bond donors (Lipinski definition) is 0. The zero-order valence-electron chi connectivity index (χ0n) is 11.0. The molecule has 0 aromatic rings. The first-order valence-corrected chi connectivity index (χ1v) is 7.10. The van der Waals surface area contributed by atoms with Gasteiger partial charge in [0.25, 0.3) is 0 Å². The Morgan fingerprint density at radius 2 is 1.56 bits per heavy atom. The van der Waals surface area contributed by atoms with Crippen molar-refractivity contribution in [2.45, 2.75) is 84.0 Å². The Morgan fingerprint density at radius 1 is 1.00 bits per heavy atom. The van der Waals surface area contributed by atoms with E-state index in [0.29, 0.717) is 6.10 Å². The number of hydrogen-bond acceptors (Lipinski definition) is 2. The molecule has 0 aliphatic heterocycles. The van der Waals surface area contributed by atoms with Crippen LogP contribution < -0.4 is 0 Å². The van der Waals surface area contributed by atoms with Gasteiger partial charge in [-0.2, -0.15) is 0 Å². The van der Waals surface area contributed by atoms with E-state index >= 15 is 0 Å². The summed E-state index contributed by atoms with van der Waals surface area (Å²) in [6.07, 6.45) is 12.2. The summed E-state index contributed by atoms with van der Waals surface area (Å²) in [6, 6.07) is 0. The molecule has 0 N–H and O–H groups in total. The van der Waals surface area contributed by atoms with Crippen LogP contribution in [0.15, 0.2) is 0 Å². The Kier molecular flexibility index (Phi) is 7.87. The first-order valence-electron chi connectivity index (χ1n) is 7.10. The highest BCUT2D eigenvalue weighted by Gasteiger charge is 2.14. The van der Waals surface area contributed by atoms with Crippen LogP contribution >= 0.6 is 0 Å². The second-order valence-corrected chi connectivity index (χ2v) is 4.90. The molecule has 16 heavy (non-hydrogen) atoms. The fourth-order valence-corrected chi connectivity index (χ4v) is 2.33. The van der Waals surface area contributed by atoms with Crippen molar-refractivity contribution in [1.82, 2.24) is 0 Å². The Labute approximate surface area is 101 Å². The quantitative estimate of drug-likeness (QED) is 0.654. The molecular formula is C14H28O2. The van der Waals surface area contributed by atoms with Crippen molar-refractivity contribution in [3.05, 3.63) is 0 Å². The van der Waals surface area contributed by atoms with Crippen LogP contribution in [0.2, 0.25) is 0 Å². The van der Waals surface area contributed by atoms with Gasteiger partial charge < -0.3 is 9.47 Å². The molecule has 0 aromatic heterocycles. The summed E-state index contributed by atoms with van der Waals surface area (Å²) in [4.78, 5) is 0. The molecule has 0 spiro atoms. The molecule has 0 aromatic carbocycles. The highest BCUT2D eigenvalue weighted by Crippen LogP contribution is 2.20. The van der Waals surface area contributed by atoms with Crippen molar-refractivity contribution in [1.29, 1.82) is 0 Å². The fraction of sp³-hybridized carbons (Fsp3) is 1.00. The number of rotatable bonds is 5. The van der Waals surface area contributed by atoms with Gasteiger partial charge in [-0.3, -0.25) is 0 Å². The molecule has 1 atom stereocenters. The summed E-state index contributed by atoms with van der Waals surface area (Å²) in [5, 5.41) is 0. The SMILES string of the molecule is CCCOC(C)OC1CCCCCCCC1. The lowest BCUT2D eigenvalue weighted by molar-refractivity contribution is -0.163. The fourth-order valence-electron chi connectivity index (χ4n) is 2.33. The van der Waals surface area contributed by atoms with Gasteiger partial charge in [-0.05, 0) is 26.2 Å².